The quantitative estimate of drug-likeness (QED) is 0.693. The fourth-order valence-electron chi connectivity index (χ4n) is 2.76. The molecule has 0 radical (unpaired) electrons. The van der Waals surface area contributed by atoms with Crippen LogP contribution in [0.25, 0.3) is 0 Å². The van der Waals surface area contributed by atoms with Crippen molar-refractivity contribution in [3.8, 4) is 11.5 Å². The maximum Gasteiger partial charge on any atom is 0.255 e. The lowest BCUT2D eigenvalue weighted by Gasteiger charge is -2.09. The molecule has 0 spiro atoms. The summed E-state index contributed by atoms with van der Waals surface area (Å²) in [5.41, 5.74) is 0.719. The van der Waals surface area contributed by atoms with Crippen LogP contribution in [0.15, 0.2) is 60.7 Å². The highest BCUT2D eigenvalue weighted by molar-refractivity contribution is 6.08. The van der Waals surface area contributed by atoms with Gasteiger partial charge in [0.15, 0.2) is 11.5 Å². The predicted octanol–water partition coefficient (Wildman–Crippen LogP) is 4.20. The molecule has 0 atom stereocenters. The maximum absolute atomic E-state index is 13.7. The van der Waals surface area contributed by atoms with Crippen molar-refractivity contribution in [2.75, 3.05) is 17.4 Å². The number of hydrogen-bond donors (Lipinski definition) is 2. The Balaban J connectivity index is 1.49. The van der Waals surface area contributed by atoms with Crippen LogP contribution in [0.2, 0.25) is 0 Å². The van der Waals surface area contributed by atoms with Crippen molar-refractivity contribution in [3.05, 3.63) is 83.4 Å². The highest BCUT2D eigenvalue weighted by Crippen LogP contribution is 2.34. The number of fused-ring (bicyclic) bond motifs is 1. The summed E-state index contributed by atoms with van der Waals surface area (Å²) >= 11 is 0. The van der Waals surface area contributed by atoms with Gasteiger partial charge in [-0.3, -0.25) is 9.59 Å². The Morgan fingerprint density at radius 3 is 2.28 bits per heavy atom. The molecule has 6 nitrogen and oxygen atoms in total. The molecular weight excluding hydrogens is 382 g/mol. The third kappa shape index (κ3) is 4.01. The largest absolute Gasteiger partial charge is 0.454 e. The fourth-order valence-corrected chi connectivity index (χ4v) is 2.76. The fraction of sp³-hybridized carbons (Fsp3) is 0.0476. The molecule has 146 valence electrons. The summed E-state index contributed by atoms with van der Waals surface area (Å²) in [7, 11) is 0. The Morgan fingerprint density at radius 1 is 0.793 bits per heavy atom. The molecule has 8 heteroatoms. The molecule has 1 aliphatic rings. The smallest absolute Gasteiger partial charge is 0.255 e. The third-order valence-electron chi connectivity index (χ3n) is 4.20. The standard InChI is InChI=1S/C21H14F2N2O4/c22-14-4-6-17(16(23)9-14)25-21(27)13-3-1-2-12(8-13)20(26)24-15-5-7-18-19(10-15)29-11-28-18/h1-10H,11H2,(H,24,26)(H,25,27). The van der Waals surface area contributed by atoms with Crippen LogP contribution < -0.4 is 20.1 Å². The molecule has 1 aliphatic heterocycles. The molecule has 1 heterocycles. The Morgan fingerprint density at radius 2 is 1.52 bits per heavy atom. The number of nitrogens with one attached hydrogen (secondary N) is 2. The first-order valence-corrected chi connectivity index (χ1v) is 8.57. The molecule has 3 aromatic rings. The van der Waals surface area contributed by atoms with Gasteiger partial charge in [0.2, 0.25) is 6.79 Å². The van der Waals surface area contributed by atoms with Gasteiger partial charge in [-0.1, -0.05) is 6.07 Å². The Kier molecular flexibility index (Phi) is 4.82. The predicted molar refractivity (Wildman–Crippen MR) is 101 cm³/mol. The molecule has 2 N–H and O–H groups in total. The van der Waals surface area contributed by atoms with Gasteiger partial charge in [0, 0.05) is 28.9 Å². The minimum Gasteiger partial charge on any atom is -0.454 e. The number of carbonyl (C=O) groups excluding carboxylic acids is 2. The van der Waals surface area contributed by atoms with E-state index >= 15 is 0 Å². The molecule has 0 fully saturated rings. The van der Waals surface area contributed by atoms with Gasteiger partial charge in [-0.15, -0.1) is 0 Å². The van der Waals surface area contributed by atoms with Crippen LogP contribution in [0.4, 0.5) is 20.2 Å². The monoisotopic (exact) mass is 396 g/mol. The molecule has 0 saturated carbocycles. The van der Waals surface area contributed by atoms with E-state index in [1.54, 1.807) is 18.2 Å². The number of anilines is 2. The van der Waals surface area contributed by atoms with Crippen molar-refractivity contribution < 1.29 is 27.8 Å². The Labute approximate surface area is 164 Å². The maximum atomic E-state index is 13.7. The van der Waals surface area contributed by atoms with Gasteiger partial charge in [-0.05, 0) is 42.5 Å². The number of rotatable bonds is 4. The summed E-state index contributed by atoms with van der Waals surface area (Å²) in [6.45, 7) is 0.124. The number of carbonyl (C=O) groups is 2. The number of hydrogen-bond acceptors (Lipinski definition) is 4. The van der Waals surface area contributed by atoms with E-state index in [0.717, 1.165) is 12.1 Å². The summed E-state index contributed by atoms with van der Waals surface area (Å²) in [6.07, 6.45) is 0. The van der Waals surface area contributed by atoms with Crippen LogP contribution in [0, 0.1) is 11.6 Å². The number of benzene rings is 3. The number of amides is 2. The van der Waals surface area contributed by atoms with Crippen LogP contribution >= 0.6 is 0 Å². The molecule has 29 heavy (non-hydrogen) atoms. The molecule has 3 aromatic carbocycles. The van der Waals surface area contributed by atoms with Gasteiger partial charge < -0.3 is 20.1 Å². The zero-order valence-electron chi connectivity index (χ0n) is 14.9. The zero-order chi connectivity index (χ0) is 20.4. The van der Waals surface area contributed by atoms with Crippen molar-refractivity contribution >= 4 is 23.2 Å². The second kappa shape index (κ2) is 7.59. The topological polar surface area (TPSA) is 76.7 Å². The van der Waals surface area contributed by atoms with E-state index < -0.39 is 23.4 Å². The van der Waals surface area contributed by atoms with Crippen molar-refractivity contribution in [1.82, 2.24) is 0 Å². The summed E-state index contributed by atoms with van der Waals surface area (Å²) in [4.78, 5) is 24.9. The van der Waals surface area contributed by atoms with Crippen molar-refractivity contribution in [2.45, 2.75) is 0 Å². The first-order valence-electron chi connectivity index (χ1n) is 8.57. The van der Waals surface area contributed by atoms with Gasteiger partial charge in [-0.25, -0.2) is 8.78 Å². The van der Waals surface area contributed by atoms with E-state index in [1.165, 1.54) is 24.3 Å². The average molecular weight is 396 g/mol. The van der Waals surface area contributed by atoms with Gasteiger partial charge in [0.05, 0.1) is 5.69 Å². The van der Waals surface area contributed by atoms with E-state index in [4.69, 9.17) is 9.47 Å². The summed E-state index contributed by atoms with van der Waals surface area (Å²) in [5.74, 6) is -1.59. The molecule has 0 unspecified atom stereocenters. The number of ether oxygens (including phenoxy) is 2. The van der Waals surface area contributed by atoms with Crippen LogP contribution in [-0.2, 0) is 0 Å². The summed E-state index contributed by atoms with van der Waals surface area (Å²) < 4.78 is 37.2. The molecule has 4 rings (SSSR count). The van der Waals surface area contributed by atoms with E-state index in [1.807, 2.05) is 0 Å². The highest BCUT2D eigenvalue weighted by atomic mass is 19.1. The van der Waals surface area contributed by atoms with E-state index in [9.17, 15) is 18.4 Å². The van der Waals surface area contributed by atoms with Crippen LogP contribution in [0.5, 0.6) is 11.5 Å². The molecule has 0 aromatic heterocycles. The third-order valence-corrected chi connectivity index (χ3v) is 4.20. The van der Waals surface area contributed by atoms with Gasteiger partial charge in [0.1, 0.15) is 11.6 Å². The lowest BCUT2D eigenvalue weighted by Crippen LogP contribution is -2.16. The molecule has 0 saturated heterocycles. The lowest BCUT2D eigenvalue weighted by molar-refractivity contribution is 0.102. The summed E-state index contributed by atoms with van der Waals surface area (Å²) in [6, 6.07) is 13.7. The minimum absolute atomic E-state index is 0.124. The Bertz CT molecular complexity index is 1120. The normalized spacial score (nSPS) is 11.8. The first kappa shape index (κ1) is 18.4. The number of halogens is 2. The van der Waals surface area contributed by atoms with E-state index in [0.29, 0.717) is 23.3 Å². The minimum atomic E-state index is -0.893. The highest BCUT2D eigenvalue weighted by Gasteiger charge is 2.16. The molecule has 0 aliphatic carbocycles. The van der Waals surface area contributed by atoms with Gasteiger partial charge in [0.25, 0.3) is 11.8 Å². The summed E-state index contributed by atoms with van der Waals surface area (Å²) in [5, 5.41) is 5.07. The first-order chi connectivity index (χ1) is 14.0. The lowest BCUT2D eigenvalue weighted by atomic mass is 10.1. The van der Waals surface area contributed by atoms with Crippen LogP contribution in [0.3, 0.4) is 0 Å². The second-order valence-corrected chi connectivity index (χ2v) is 6.18. The van der Waals surface area contributed by atoms with E-state index in [-0.39, 0.29) is 23.6 Å². The second-order valence-electron chi connectivity index (χ2n) is 6.18. The molecule has 0 bridgehead atoms. The van der Waals surface area contributed by atoms with E-state index in [2.05, 4.69) is 10.6 Å². The molecule has 2 amide bonds. The SMILES string of the molecule is O=C(Nc1ccc2c(c1)OCO2)c1cccc(C(=O)Nc2ccc(F)cc2F)c1. The Hall–Kier alpha value is -3.94. The van der Waals surface area contributed by atoms with Crippen molar-refractivity contribution in [3.63, 3.8) is 0 Å². The van der Waals surface area contributed by atoms with Gasteiger partial charge in [-0.2, -0.15) is 0 Å². The van der Waals surface area contributed by atoms with Crippen LogP contribution in [-0.4, -0.2) is 18.6 Å². The zero-order valence-corrected chi connectivity index (χ0v) is 14.9. The van der Waals surface area contributed by atoms with Crippen LogP contribution in [0.1, 0.15) is 20.7 Å². The molecular formula is C21H14F2N2O4. The van der Waals surface area contributed by atoms with Crippen molar-refractivity contribution in [1.29, 1.82) is 0 Å². The average Bonchev–Trinajstić information content (AvgIpc) is 3.18. The van der Waals surface area contributed by atoms with Crippen molar-refractivity contribution in [2.24, 2.45) is 0 Å². The van der Waals surface area contributed by atoms with Gasteiger partial charge >= 0.3 is 0 Å².